The molecule has 2 N–H and O–H groups in total. The van der Waals surface area contributed by atoms with Crippen molar-refractivity contribution in [2.45, 2.75) is 76.0 Å². The van der Waals surface area contributed by atoms with Gasteiger partial charge in [-0.1, -0.05) is 26.2 Å². The van der Waals surface area contributed by atoms with Gasteiger partial charge in [0, 0.05) is 12.3 Å². The van der Waals surface area contributed by atoms with Crippen molar-refractivity contribution in [2.75, 3.05) is 6.26 Å². The van der Waals surface area contributed by atoms with Gasteiger partial charge in [0.2, 0.25) is 0 Å². The van der Waals surface area contributed by atoms with Gasteiger partial charge < -0.3 is 5.73 Å². The van der Waals surface area contributed by atoms with E-state index in [-0.39, 0.29) is 11.3 Å². The van der Waals surface area contributed by atoms with Gasteiger partial charge in [-0.3, -0.25) is 0 Å². The fourth-order valence-electron chi connectivity index (χ4n) is 4.40. The minimum absolute atomic E-state index is 0.146. The maximum absolute atomic E-state index is 11.8. The minimum atomic E-state index is -2.90. The van der Waals surface area contributed by atoms with E-state index in [0.29, 0.717) is 11.3 Å². The first kappa shape index (κ1) is 15.3. The monoisotopic (exact) mass is 287 g/mol. The van der Waals surface area contributed by atoms with Crippen LogP contribution in [-0.2, 0) is 9.84 Å². The van der Waals surface area contributed by atoms with Gasteiger partial charge in [0.1, 0.15) is 9.84 Å². The molecule has 0 spiro atoms. The van der Waals surface area contributed by atoms with E-state index in [1.54, 1.807) is 0 Å². The highest BCUT2D eigenvalue weighted by Crippen LogP contribution is 2.47. The molecule has 19 heavy (non-hydrogen) atoms. The van der Waals surface area contributed by atoms with Crippen molar-refractivity contribution in [3.05, 3.63) is 0 Å². The lowest BCUT2D eigenvalue weighted by molar-refractivity contribution is 0.140. The highest BCUT2D eigenvalue weighted by Gasteiger charge is 2.43. The van der Waals surface area contributed by atoms with E-state index in [4.69, 9.17) is 5.73 Å². The second-order valence-corrected chi connectivity index (χ2v) is 9.15. The lowest BCUT2D eigenvalue weighted by Gasteiger charge is -2.42. The fraction of sp³-hybridized carbons (Fsp3) is 1.00. The van der Waals surface area contributed by atoms with Gasteiger partial charge in [-0.2, -0.15) is 0 Å². The first-order chi connectivity index (χ1) is 8.89. The molecule has 3 unspecified atom stereocenters. The normalized spacial score (nSPS) is 33.2. The van der Waals surface area contributed by atoms with Crippen molar-refractivity contribution < 1.29 is 8.42 Å². The van der Waals surface area contributed by atoms with Gasteiger partial charge in [-0.05, 0) is 49.9 Å². The molecule has 0 saturated heterocycles. The zero-order chi connectivity index (χ0) is 14.1. The van der Waals surface area contributed by atoms with E-state index in [1.165, 1.54) is 31.9 Å². The summed E-state index contributed by atoms with van der Waals surface area (Å²) in [6.07, 6.45) is 11.4. The molecule has 3 nitrogen and oxygen atoms in total. The standard InChI is InChI=1S/C15H29NO2S/c1-3-15(9-4-5-10-15)14(16)12-7-6-8-13(11-12)19(2,17)18/h12-14H,3-11,16H2,1-2H3. The molecule has 3 atom stereocenters. The molecule has 2 saturated carbocycles. The zero-order valence-electron chi connectivity index (χ0n) is 12.4. The van der Waals surface area contributed by atoms with Crippen LogP contribution in [0.3, 0.4) is 0 Å². The lowest BCUT2D eigenvalue weighted by atomic mass is 9.68. The summed E-state index contributed by atoms with van der Waals surface area (Å²) in [4.78, 5) is 0. The van der Waals surface area contributed by atoms with Crippen LogP contribution in [0.4, 0.5) is 0 Å². The van der Waals surface area contributed by atoms with Gasteiger partial charge in [0.25, 0.3) is 0 Å². The Labute approximate surface area is 118 Å². The third-order valence-corrected chi connectivity index (χ3v) is 7.43. The minimum Gasteiger partial charge on any atom is -0.327 e. The molecule has 0 amide bonds. The number of hydrogen-bond acceptors (Lipinski definition) is 3. The smallest absolute Gasteiger partial charge is 0.150 e. The molecule has 0 aromatic rings. The summed E-state index contributed by atoms with van der Waals surface area (Å²) in [6, 6.07) is 0.199. The zero-order valence-corrected chi connectivity index (χ0v) is 13.2. The van der Waals surface area contributed by atoms with Gasteiger partial charge in [0.05, 0.1) is 5.25 Å². The predicted octanol–water partition coefficient (Wildman–Crippen LogP) is 2.89. The molecule has 0 bridgehead atoms. The Kier molecular flexibility index (Phi) is 4.61. The molecular weight excluding hydrogens is 258 g/mol. The number of nitrogens with two attached hydrogens (primary N) is 1. The van der Waals surface area contributed by atoms with Gasteiger partial charge in [0.15, 0.2) is 0 Å². The summed E-state index contributed by atoms with van der Waals surface area (Å²) >= 11 is 0. The van der Waals surface area contributed by atoms with Crippen LogP contribution in [0.1, 0.15) is 64.7 Å². The highest BCUT2D eigenvalue weighted by molar-refractivity contribution is 7.91. The summed E-state index contributed by atoms with van der Waals surface area (Å²) in [5.41, 5.74) is 6.91. The lowest BCUT2D eigenvalue weighted by Crippen LogP contribution is -2.47. The van der Waals surface area contributed by atoms with E-state index >= 15 is 0 Å². The maximum atomic E-state index is 11.8. The van der Waals surface area contributed by atoms with Crippen LogP contribution in [-0.4, -0.2) is 26.0 Å². The van der Waals surface area contributed by atoms with Crippen molar-refractivity contribution in [3.63, 3.8) is 0 Å². The van der Waals surface area contributed by atoms with Gasteiger partial charge in [-0.15, -0.1) is 0 Å². The number of rotatable bonds is 4. The summed E-state index contributed by atoms with van der Waals surface area (Å²) in [6.45, 7) is 2.25. The Morgan fingerprint density at radius 2 is 1.84 bits per heavy atom. The Morgan fingerprint density at radius 1 is 1.21 bits per heavy atom. The second kappa shape index (κ2) is 5.72. The molecule has 2 aliphatic carbocycles. The first-order valence-corrected chi connectivity index (χ1v) is 9.79. The summed E-state index contributed by atoms with van der Waals surface area (Å²) in [5, 5.41) is -0.146. The third-order valence-electron chi connectivity index (χ3n) is 5.79. The molecule has 2 rings (SSSR count). The number of sulfone groups is 1. The van der Waals surface area contributed by atoms with Crippen molar-refractivity contribution in [1.29, 1.82) is 0 Å². The Bertz CT molecular complexity index is 398. The van der Waals surface area contributed by atoms with Crippen LogP contribution in [0.5, 0.6) is 0 Å². The molecule has 0 aromatic heterocycles. The molecule has 4 heteroatoms. The largest absolute Gasteiger partial charge is 0.327 e. The SMILES string of the molecule is CCC1(C(N)C2CCCC(S(C)(=O)=O)C2)CCCC1. The summed E-state index contributed by atoms with van der Waals surface area (Å²) < 4.78 is 23.6. The predicted molar refractivity (Wildman–Crippen MR) is 79.8 cm³/mol. The van der Waals surface area contributed by atoms with E-state index in [2.05, 4.69) is 6.92 Å². The van der Waals surface area contributed by atoms with E-state index in [1.807, 2.05) is 0 Å². The molecule has 2 fully saturated rings. The van der Waals surface area contributed by atoms with E-state index < -0.39 is 9.84 Å². The highest BCUT2D eigenvalue weighted by atomic mass is 32.2. The van der Waals surface area contributed by atoms with E-state index in [0.717, 1.165) is 32.1 Å². The average Bonchev–Trinajstić information content (AvgIpc) is 2.87. The Hall–Kier alpha value is -0.0900. The van der Waals surface area contributed by atoms with Crippen LogP contribution >= 0.6 is 0 Å². The average molecular weight is 287 g/mol. The Morgan fingerprint density at radius 3 is 2.37 bits per heavy atom. The molecule has 0 radical (unpaired) electrons. The van der Waals surface area contributed by atoms with Crippen LogP contribution < -0.4 is 5.73 Å². The molecule has 0 aromatic carbocycles. The Balaban J connectivity index is 2.08. The second-order valence-electron chi connectivity index (χ2n) is 6.83. The summed E-state index contributed by atoms with van der Waals surface area (Å²) in [7, 11) is -2.90. The molecule has 112 valence electrons. The van der Waals surface area contributed by atoms with E-state index in [9.17, 15) is 8.42 Å². The van der Waals surface area contributed by atoms with Crippen molar-refractivity contribution in [3.8, 4) is 0 Å². The quantitative estimate of drug-likeness (QED) is 0.865. The van der Waals surface area contributed by atoms with Gasteiger partial charge >= 0.3 is 0 Å². The summed E-state index contributed by atoms with van der Waals surface area (Å²) in [5.74, 6) is 0.409. The van der Waals surface area contributed by atoms with Crippen LogP contribution in [0.2, 0.25) is 0 Å². The molecular formula is C15H29NO2S. The topological polar surface area (TPSA) is 60.2 Å². The molecule has 0 aliphatic heterocycles. The van der Waals surface area contributed by atoms with Crippen molar-refractivity contribution in [2.24, 2.45) is 17.1 Å². The third kappa shape index (κ3) is 3.15. The van der Waals surface area contributed by atoms with Gasteiger partial charge in [-0.25, -0.2) is 8.42 Å². The molecule has 2 aliphatic rings. The number of hydrogen-bond donors (Lipinski definition) is 1. The fourth-order valence-corrected chi connectivity index (χ4v) is 5.59. The van der Waals surface area contributed by atoms with Crippen LogP contribution in [0.15, 0.2) is 0 Å². The maximum Gasteiger partial charge on any atom is 0.150 e. The van der Waals surface area contributed by atoms with Crippen molar-refractivity contribution in [1.82, 2.24) is 0 Å². The van der Waals surface area contributed by atoms with Crippen molar-refractivity contribution >= 4 is 9.84 Å². The first-order valence-electron chi connectivity index (χ1n) is 7.83. The van der Waals surface area contributed by atoms with Crippen LogP contribution in [0.25, 0.3) is 0 Å². The molecule has 0 heterocycles. The van der Waals surface area contributed by atoms with Crippen LogP contribution in [0, 0.1) is 11.3 Å².